The minimum absolute atomic E-state index is 0.646. The van der Waals surface area contributed by atoms with Gasteiger partial charge in [-0.25, -0.2) is 0 Å². The number of nitrogens with zero attached hydrogens (tertiary/aromatic N) is 2. The maximum atomic E-state index is 9.48. The minimum atomic E-state index is 0.646. The fraction of sp³-hybridized carbons (Fsp3) is 0.0588. The predicted molar refractivity (Wildman–Crippen MR) is 76.6 cm³/mol. The fourth-order valence-electron chi connectivity index (χ4n) is 2.35. The van der Waals surface area contributed by atoms with Gasteiger partial charge in [-0.05, 0) is 6.92 Å². The molecule has 1 heterocycles. The molecule has 2 aromatic carbocycles. The quantitative estimate of drug-likeness (QED) is 0.646. The molecule has 1 aromatic heterocycles. The molecule has 0 fully saturated rings. The molecule has 0 amide bonds. The Hall–Kier alpha value is -2.66. The number of rotatable bonds is 1. The van der Waals surface area contributed by atoms with Crippen LogP contribution in [-0.4, -0.2) is 4.98 Å². The van der Waals surface area contributed by atoms with Crippen LogP contribution in [-0.2, 0) is 0 Å². The van der Waals surface area contributed by atoms with E-state index < -0.39 is 0 Å². The number of nitriles is 1. The molecule has 90 valence electrons. The summed E-state index contributed by atoms with van der Waals surface area (Å²) in [5.41, 5.74) is 3.34. The maximum Gasteiger partial charge on any atom is 0.102 e. The Morgan fingerprint density at radius 2 is 1.53 bits per heavy atom. The Kier molecular flexibility index (Phi) is 2.74. The zero-order valence-electron chi connectivity index (χ0n) is 10.6. The third-order valence-corrected chi connectivity index (χ3v) is 3.26. The van der Waals surface area contributed by atoms with Crippen molar-refractivity contribution in [1.29, 1.82) is 5.26 Å². The van der Waals surface area contributed by atoms with Crippen LogP contribution in [0.1, 0.15) is 11.3 Å². The fourth-order valence-corrected chi connectivity index (χ4v) is 2.35. The maximum absolute atomic E-state index is 9.48. The van der Waals surface area contributed by atoms with Gasteiger partial charge in [-0.15, -0.1) is 0 Å². The SMILES string of the molecule is Cc1nc(-c2ccccc2)c(C#N)c2ccccc12. The normalized spacial score (nSPS) is 10.3. The van der Waals surface area contributed by atoms with E-state index >= 15 is 0 Å². The third-order valence-electron chi connectivity index (χ3n) is 3.26. The summed E-state index contributed by atoms with van der Waals surface area (Å²) in [6, 6.07) is 20.1. The summed E-state index contributed by atoms with van der Waals surface area (Å²) < 4.78 is 0. The van der Waals surface area contributed by atoms with Crippen molar-refractivity contribution in [2.45, 2.75) is 6.92 Å². The molecule has 0 atom stereocenters. The van der Waals surface area contributed by atoms with E-state index in [1.807, 2.05) is 61.5 Å². The molecule has 2 heteroatoms. The first kappa shape index (κ1) is 11.4. The van der Waals surface area contributed by atoms with Crippen molar-refractivity contribution in [2.24, 2.45) is 0 Å². The second-order valence-corrected chi connectivity index (χ2v) is 4.44. The van der Waals surface area contributed by atoms with Crippen LogP contribution in [0.5, 0.6) is 0 Å². The molecule has 0 aliphatic heterocycles. The van der Waals surface area contributed by atoms with Gasteiger partial charge in [0.25, 0.3) is 0 Å². The van der Waals surface area contributed by atoms with Crippen molar-refractivity contribution in [1.82, 2.24) is 4.98 Å². The summed E-state index contributed by atoms with van der Waals surface area (Å²) in [7, 11) is 0. The van der Waals surface area contributed by atoms with E-state index in [0.29, 0.717) is 5.56 Å². The molecule has 0 bridgehead atoms. The lowest BCUT2D eigenvalue weighted by molar-refractivity contribution is 1.23. The summed E-state index contributed by atoms with van der Waals surface area (Å²) in [6.07, 6.45) is 0. The van der Waals surface area contributed by atoms with Crippen LogP contribution in [0.15, 0.2) is 54.6 Å². The second-order valence-electron chi connectivity index (χ2n) is 4.44. The van der Waals surface area contributed by atoms with Crippen LogP contribution >= 0.6 is 0 Å². The smallest absolute Gasteiger partial charge is 0.102 e. The largest absolute Gasteiger partial charge is 0.251 e. The summed E-state index contributed by atoms with van der Waals surface area (Å²) in [4.78, 5) is 4.62. The first-order valence-corrected chi connectivity index (χ1v) is 6.16. The topological polar surface area (TPSA) is 36.7 Å². The minimum Gasteiger partial charge on any atom is -0.251 e. The molecule has 0 spiro atoms. The van der Waals surface area contributed by atoms with Crippen molar-refractivity contribution >= 4 is 10.8 Å². The monoisotopic (exact) mass is 244 g/mol. The van der Waals surface area contributed by atoms with Crippen LogP contribution in [0, 0.1) is 18.3 Å². The number of benzene rings is 2. The number of hydrogen-bond acceptors (Lipinski definition) is 2. The van der Waals surface area contributed by atoms with E-state index in [9.17, 15) is 5.26 Å². The van der Waals surface area contributed by atoms with Crippen molar-refractivity contribution in [3.63, 3.8) is 0 Å². The number of aryl methyl sites for hydroxylation is 1. The summed E-state index contributed by atoms with van der Waals surface area (Å²) >= 11 is 0. The number of hydrogen-bond donors (Lipinski definition) is 0. The van der Waals surface area contributed by atoms with Gasteiger partial charge in [0.1, 0.15) is 6.07 Å². The highest BCUT2D eigenvalue weighted by Crippen LogP contribution is 2.29. The number of fused-ring (bicyclic) bond motifs is 1. The van der Waals surface area contributed by atoms with Crippen molar-refractivity contribution < 1.29 is 0 Å². The molecule has 2 nitrogen and oxygen atoms in total. The first-order chi connectivity index (χ1) is 9.31. The van der Waals surface area contributed by atoms with Crippen molar-refractivity contribution in [2.75, 3.05) is 0 Å². The molecular weight excluding hydrogens is 232 g/mol. The van der Waals surface area contributed by atoms with E-state index in [2.05, 4.69) is 11.1 Å². The van der Waals surface area contributed by atoms with Gasteiger partial charge in [-0.3, -0.25) is 4.98 Å². The zero-order valence-corrected chi connectivity index (χ0v) is 10.6. The zero-order chi connectivity index (χ0) is 13.2. The van der Waals surface area contributed by atoms with Gasteiger partial charge in [0.05, 0.1) is 11.3 Å². The van der Waals surface area contributed by atoms with E-state index in [0.717, 1.165) is 27.7 Å². The van der Waals surface area contributed by atoms with E-state index in [1.54, 1.807) is 0 Å². The van der Waals surface area contributed by atoms with Crippen molar-refractivity contribution in [3.8, 4) is 17.3 Å². The summed E-state index contributed by atoms with van der Waals surface area (Å²) in [6.45, 7) is 1.98. The molecule has 3 aromatic rings. The van der Waals surface area contributed by atoms with Gasteiger partial charge in [0.15, 0.2) is 0 Å². The Balaban J connectivity index is 2.42. The van der Waals surface area contributed by atoms with Crippen LogP contribution in [0.3, 0.4) is 0 Å². The van der Waals surface area contributed by atoms with E-state index in [-0.39, 0.29) is 0 Å². The molecule has 0 saturated heterocycles. The molecular formula is C17H12N2. The molecule has 0 aliphatic rings. The molecule has 0 aliphatic carbocycles. The standard InChI is InChI=1S/C17H12N2/c1-12-14-9-5-6-10-15(14)16(11-18)17(19-12)13-7-3-2-4-8-13/h2-10H,1H3. The van der Waals surface area contributed by atoms with E-state index in [4.69, 9.17) is 0 Å². The molecule has 3 rings (SSSR count). The average molecular weight is 244 g/mol. The van der Waals surface area contributed by atoms with Gasteiger partial charge in [0, 0.05) is 22.0 Å². The summed E-state index contributed by atoms with van der Waals surface area (Å²) in [5.74, 6) is 0. The first-order valence-electron chi connectivity index (χ1n) is 6.16. The van der Waals surface area contributed by atoms with Gasteiger partial charge in [0.2, 0.25) is 0 Å². The van der Waals surface area contributed by atoms with Crippen molar-refractivity contribution in [3.05, 3.63) is 65.9 Å². The van der Waals surface area contributed by atoms with Crippen LogP contribution < -0.4 is 0 Å². The van der Waals surface area contributed by atoms with Gasteiger partial charge in [-0.1, -0.05) is 54.6 Å². The molecule has 19 heavy (non-hydrogen) atoms. The average Bonchev–Trinajstić information content (AvgIpc) is 2.48. The van der Waals surface area contributed by atoms with Crippen LogP contribution in [0.2, 0.25) is 0 Å². The molecule has 0 saturated carbocycles. The number of aromatic nitrogens is 1. The lowest BCUT2D eigenvalue weighted by Crippen LogP contribution is -1.95. The summed E-state index contributed by atoms with van der Waals surface area (Å²) in [5, 5.41) is 11.5. The highest BCUT2D eigenvalue weighted by Gasteiger charge is 2.12. The Bertz CT molecular complexity index is 783. The third kappa shape index (κ3) is 1.86. The highest BCUT2D eigenvalue weighted by atomic mass is 14.7. The molecule has 0 unspecified atom stereocenters. The Labute approximate surface area is 112 Å². The van der Waals surface area contributed by atoms with E-state index in [1.165, 1.54) is 0 Å². The second kappa shape index (κ2) is 4.55. The molecule has 0 N–H and O–H groups in total. The van der Waals surface area contributed by atoms with Crippen LogP contribution in [0.25, 0.3) is 22.0 Å². The highest BCUT2D eigenvalue weighted by molar-refractivity contribution is 5.94. The Morgan fingerprint density at radius 3 is 2.21 bits per heavy atom. The van der Waals surface area contributed by atoms with Crippen LogP contribution in [0.4, 0.5) is 0 Å². The number of pyridine rings is 1. The van der Waals surface area contributed by atoms with Gasteiger partial charge >= 0.3 is 0 Å². The van der Waals surface area contributed by atoms with Gasteiger partial charge < -0.3 is 0 Å². The molecule has 0 radical (unpaired) electrons. The Morgan fingerprint density at radius 1 is 0.895 bits per heavy atom. The lowest BCUT2D eigenvalue weighted by atomic mass is 9.99. The lowest BCUT2D eigenvalue weighted by Gasteiger charge is -2.09. The predicted octanol–water partition coefficient (Wildman–Crippen LogP) is 4.08. The van der Waals surface area contributed by atoms with Gasteiger partial charge in [-0.2, -0.15) is 5.26 Å².